The summed E-state index contributed by atoms with van der Waals surface area (Å²) in [7, 11) is 0. The van der Waals surface area contributed by atoms with Crippen LogP contribution in [-0.2, 0) is 20.9 Å². The van der Waals surface area contributed by atoms with Crippen LogP contribution in [0.1, 0.15) is 82.8 Å². The first-order valence-corrected chi connectivity index (χ1v) is 14.3. The first-order valence-electron chi connectivity index (χ1n) is 14.3. The van der Waals surface area contributed by atoms with Crippen LogP contribution in [0, 0.1) is 18.3 Å². The average molecular weight is 498 g/mol. The molecule has 1 N–H and O–H groups in total. The number of rotatable bonds is 4. The van der Waals surface area contributed by atoms with E-state index in [2.05, 4.69) is 55.3 Å². The van der Waals surface area contributed by atoms with Crippen molar-refractivity contribution in [3.63, 3.8) is 0 Å². The van der Waals surface area contributed by atoms with E-state index in [0.29, 0.717) is 18.9 Å². The number of ether oxygens (including phenoxy) is 1. The Morgan fingerprint density at radius 3 is 2.61 bits per heavy atom. The summed E-state index contributed by atoms with van der Waals surface area (Å²) in [6.07, 6.45) is 8.45. The average Bonchev–Trinajstić information content (AvgIpc) is 3.31. The van der Waals surface area contributed by atoms with Crippen molar-refractivity contribution in [2.24, 2.45) is 11.3 Å². The summed E-state index contributed by atoms with van der Waals surface area (Å²) in [6.45, 7) is 11.3. The highest BCUT2D eigenvalue weighted by atomic mass is 16.5. The van der Waals surface area contributed by atoms with Gasteiger partial charge < -0.3 is 15.0 Å². The number of carbonyl (C=O) groups is 2. The Morgan fingerprint density at radius 2 is 1.86 bits per heavy atom. The second-order valence-corrected chi connectivity index (χ2v) is 11.9. The summed E-state index contributed by atoms with van der Waals surface area (Å²) in [5.41, 5.74) is 2.24. The lowest BCUT2D eigenvalue weighted by molar-refractivity contribution is -0.143. The molecule has 6 nitrogen and oxygen atoms in total. The standard InChI is InChI=1S/C30H47N3O3/c1-23(2)19-27-28(34)33-15-8-11-26(33)22-36-18-6-4-5-12-30(29(35)31-27)13-16-32(17-14-30)21-25-10-7-9-24(3)20-25/h7,9-10,20,23,26-27H,4-6,8,11-19,21-22H2,1-3H3,(H,31,35)/t26-,27-/m0/s1. The molecular formula is C30H47N3O3. The molecule has 3 fully saturated rings. The number of hydrogen-bond donors (Lipinski definition) is 1. The monoisotopic (exact) mass is 497 g/mol. The second-order valence-electron chi connectivity index (χ2n) is 11.9. The molecule has 2 amide bonds. The Hall–Kier alpha value is -1.92. The molecule has 1 aromatic rings. The maximum atomic E-state index is 14.0. The number of benzene rings is 1. The van der Waals surface area contributed by atoms with Gasteiger partial charge in [0.1, 0.15) is 6.04 Å². The Labute approximate surface area is 218 Å². The number of fused-ring (bicyclic) bond motifs is 1. The lowest BCUT2D eigenvalue weighted by atomic mass is 9.73. The molecule has 0 unspecified atom stereocenters. The summed E-state index contributed by atoms with van der Waals surface area (Å²) >= 11 is 0. The first-order chi connectivity index (χ1) is 17.4. The third-order valence-electron chi connectivity index (χ3n) is 8.51. The van der Waals surface area contributed by atoms with E-state index in [1.165, 1.54) is 11.1 Å². The number of likely N-dealkylation sites (tertiary alicyclic amines) is 1. The molecular weight excluding hydrogens is 450 g/mol. The summed E-state index contributed by atoms with van der Waals surface area (Å²) in [5.74, 6) is 0.538. The van der Waals surface area contributed by atoms with E-state index in [4.69, 9.17) is 4.74 Å². The molecule has 0 aromatic heterocycles. The Kier molecular flexibility index (Phi) is 9.46. The van der Waals surface area contributed by atoms with Gasteiger partial charge in [-0.3, -0.25) is 14.5 Å². The molecule has 0 aliphatic carbocycles. The zero-order valence-corrected chi connectivity index (χ0v) is 22.8. The van der Waals surface area contributed by atoms with Crippen LogP contribution in [0.4, 0.5) is 0 Å². The minimum atomic E-state index is -0.441. The molecule has 1 spiro atoms. The summed E-state index contributed by atoms with van der Waals surface area (Å²) in [5, 5.41) is 3.31. The van der Waals surface area contributed by atoms with E-state index in [9.17, 15) is 9.59 Å². The van der Waals surface area contributed by atoms with Crippen LogP contribution >= 0.6 is 0 Å². The summed E-state index contributed by atoms with van der Waals surface area (Å²) < 4.78 is 6.01. The highest BCUT2D eigenvalue weighted by Gasteiger charge is 2.43. The van der Waals surface area contributed by atoms with Crippen molar-refractivity contribution in [2.75, 3.05) is 32.8 Å². The fourth-order valence-corrected chi connectivity index (χ4v) is 6.37. The molecule has 6 heteroatoms. The minimum absolute atomic E-state index is 0.0900. The highest BCUT2D eigenvalue weighted by Crippen LogP contribution is 2.38. The minimum Gasteiger partial charge on any atom is -0.379 e. The molecule has 0 radical (unpaired) electrons. The smallest absolute Gasteiger partial charge is 0.245 e. The van der Waals surface area contributed by atoms with Crippen LogP contribution in [0.25, 0.3) is 0 Å². The van der Waals surface area contributed by atoms with Gasteiger partial charge >= 0.3 is 0 Å². The highest BCUT2D eigenvalue weighted by molar-refractivity contribution is 5.90. The summed E-state index contributed by atoms with van der Waals surface area (Å²) in [6, 6.07) is 8.42. The van der Waals surface area contributed by atoms with Gasteiger partial charge in [-0.2, -0.15) is 0 Å². The van der Waals surface area contributed by atoms with Gasteiger partial charge in [0.2, 0.25) is 11.8 Å². The Balaban J connectivity index is 1.48. The number of piperidine rings is 1. The van der Waals surface area contributed by atoms with Crippen LogP contribution in [0.3, 0.4) is 0 Å². The van der Waals surface area contributed by atoms with E-state index >= 15 is 0 Å². The van der Waals surface area contributed by atoms with E-state index in [0.717, 1.165) is 84.2 Å². The number of nitrogens with zero attached hydrogens (tertiary/aromatic N) is 2. The van der Waals surface area contributed by atoms with Gasteiger partial charge in [-0.15, -0.1) is 0 Å². The number of amides is 2. The Morgan fingerprint density at radius 1 is 1.06 bits per heavy atom. The van der Waals surface area contributed by atoms with Crippen LogP contribution in [0.2, 0.25) is 0 Å². The van der Waals surface area contributed by atoms with E-state index in [-0.39, 0.29) is 23.3 Å². The summed E-state index contributed by atoms with van der Waals surface area (Å²) in [4.78, 5) is 32.1. The van der Waals surface area contributed by atoms with E-state index < -0.39 is 6.04 Å². The van der Waals surface area contributed by atoms with Gasteiger partial charge in [0.15, 0.2) is 0 Å². The molecule has 4 rings (SSSR count). The maximum absolute atomic E-state index is 14.0. The Bertz CT molecular complexity index is 878. The van der Waals surface area contributed by atoms with Gasteiger partial charge in [-0.05, 0) is 76.4 Å². The maximum Gasteiger partial charge on any atom is 0.245 e. The number of hydrogen-bond acceptors (Lipinski definition) is 4. The van der Waals surface area contributed by atoms with Crippen molar-refractivity contribution in [3.05, 3.63) is 35.4 Å². The van der Waals surface area contributed by atoms with Gasteiger partial charge in [0, 0.05) is 19.7 Å². The topological polar surface area (TPSA) is 61.9 Å². The van der Waals surface area contributed by atoms with E-state index in [1.807, 2.05) is 4.90 Å². The molecule has 3 heterocycles. The molecule has 0 bridgehead atoms. The largest absolute Gasteiger partial charge is 0.379 e. The molecule has 1 aromatic carbocycles. The van der Waals surface area contributed by atoms with Crippen molar-refractivity contribution in [1.29, 1.82) is 0 Å². The lowest BCUT2D eigenvalue weighted by Crippen LogP contribution is -2.56. The molecule has 3 saturated heterocycles. The predicted octanol–water partition coefficient (Wildman–Crippen LogP) is 4.69. The van der Waals surface area contributed by atoms with Crippen molar-refractivity contribution >= 4 is 11.8 Å². The molecule has 0 saturated carbocycles. The number of nitrogens with one attached hydrogen (secondary N) is 1. The fourth-order valence-electron chi connectivity index (χ4n) is 6.37. The van der Waals surface area contributed by atoms with Crippen molar-refractivity contribution < 1.29 is 14.3 Å². The molecule has 36 heavy (non-hydrogen) atoms. The van der Waals surface area contributed by atoms with Crippen molar-refractivity contribution in [1.82, 2.24) is 15.1 Å². The quantitative estimate of drug-likeness (QED) is 0.656. The SMILES string of the molecule is Cc1cccc(CN2CCC3(CCCCCOC[C@@H]4CCCN4C(=O)[C@H](CC(C)C)NC3=O)CC2)c1. The number of aryl methyl sites for hydroxylation is 1. The third-order valence-corrected chi connectivity index (χ3v) is 8.51. The van der Waals surface area contributed by atoms with E-state index in [1.54, 1.807) is 0 Å². The van der Waals surface area contributed by atoms with Gasteiger partial charge in [-0.1, -0.05) is 56.5 Å². The van der Waals surface area contributed by atoms with Gasteiger partial charge in [0.25, 0.3) is 0 Å². The fraction of sp³-hybridized carbons (Fsp3) is 0.733. The van der Waals surface area contributed by atoms with Crippen LogP contribution < -0.4 is 5.32 Å². The zero-order valence-electron chi connectivity index (χ0n) is 22.8. The third kappa shape index (κ3) is 6.89. The second kappa shape index (κ2) is 12.6. The van der Waals surface area contributed by atoms with Gasteiger partial charge in [0.05, 0.1) is 18.1 Å². The van der Waals surface area contributed by atoms with Crippen LogP contribution in [0.15, 0.2) is 24.3 Å². The van der Waals surface area contributed by atoms with Crippen LogP contribution in [-0.4, -0.2) is 66.5 Å². The van der Waals surface area contributed by atoms with Crippen molar-refractivity contribution in [3.8, 4) is 0 Å². The van der Waals surface area contributed by atoms with Gasteiger partial charge in [-0.25, -0.2) is 0 Å². The molecule has 3 aliphatic rings. The lowest BCUT2D eigenvalue weighted by Gasteiger charge is -2.42. The zero-order chi connectivity index (χ0) is 25.5. The normalized spacial score (nSPS) is 26.6. The predicted molar refractivity (Wildman–Crippen MR) is 144 cm³/mol. The van der Waals surface area contributed by atoms with Crippen molar-refractivity contribution in [2.45, 2.75) is 97.2 Å². The molecule has 3 aliphatic heterocycles. The molecule has 200 valence electrons. The molecule has 2 atom stereocenters. The number of carbonyl (C=O) groups excluding carboxylic acids is 2. The van der Waals surface area contributed by atoms with Crippen LogP contribution in [0.5, 0.6) is 0 Å². The first kappa shape index (κ1) is 27.1.